The molecule has 0 aliphatic carbocycles. The van der Waals surface area contributed by atoms with Crippen LogP contribution in [0.4, 0.5) is 11.7 Å². The Kier molecular flexibility index (Phi) is 4.74. The molecule has 0 aliphatic heterocycles. The van der Waals surface area contributed by atoms with Crippen LogP contribution in [0.3, 0.4) is 0 Å². The van der Waals surface area contributed by atoms with Crippen molar-refractivity contribution in [1.29, 1.82) is 0 Å². The second-order valence-corrected chi connectivity index (χ2v) is 4.81. The van der Waals surface area contributed by atoms with Crippen molar-refractivity contribution in [2.24, 2.45) is 0 Å². The first-order valence-corrected chi connectivity index (χ1v) is 7.08. The average Bonchev–Trinajstić information content (AvgIpc) is 2.90. The Morgan fingerprint density at radius 1 is 1.25 bits per heavy atom. The average molecular weight is 274 g/mol. The van der Waals surface area contributed by atoms with Gasteiger partial charge in [-0.3, -0.25) is 0 Å². The van der Waals surface area contributed by atoms with E-state index in [0.29, 0.717) is 11.9 Å². The highest BCUT2D eigenvalue weighted by Crippen LogP contribution is 2.25. The van der Waals surface area contributed by atoms with E-state index in [1.807, 2.05) is 13.8 Å². The number of aromatic nitrogens is 2. The maximum Gasteiger partial charge on any atom is 0.320 e. The molecule has 0 spiro atoms. The molecule has 1 aromatic carbocycles. The van der Waals surface area contributed by atoms with E-state index < -0.39 is 0 Å². The quantitative estimate of drug-likeness (QED) is 0.845. The first kappa shape index (κ1) is 14.5. The summed E-state index contributed by atoms with van der Waals surface area (Å²) in [7, 11) is 0. The van der Waals surface area contributed by atoms with Crippen molar-refractivity contribution in [3.05, 3.63) is 35.2 Å². The SMILES string of the molecule is CCNC(C)c1nnc(Nc2c(C)cccc2CC)o1. The van der Waals surface area contributed by atoms with Crippen LogP contribution in [0.5, 0.6) is 0 Å². The molecular weight excluding hydrogens is 252 g/mol. The summed E-state index contributed by atoms with van der Waals surface area (Å²) in [6.45, 7) is 9.12. The Balaban J connectivity index is 2.19. The van der Waals surface area contributed by atoms with Gasteiger partial charge in [0.25, 0.3) is 0 Å². The van der Waals surface area contributed by atoms with Gasteiger partial charge in [0, 0.05) is 5.69 Å². The van der Waals surface area contributed by atoms with E-state index in [1.165, 1.54) is 11.1 Å². The molecule has 0 amide bonds. The second kappa shape index (κ2) is 6.52. The fraction of sp³-hybridized carbons (Fsp3) is 0.467. The lowest BCUT2D eigenvalue weighted by atomic mass is 10.1. The number of nitrogens with zero attached hydrogens (tertiary/aromatic N) is 2. The van der Waals surface area contributed by atoms with Crippen LogP contribution in [0.25, 0.3) is 0 Å². The van der Waals surface area contributed by atoms with E-state index >= 15 is 0 Å². The molecule has 5 nitrogen and oxygen atoms in total. The van der Waals surface area contributed by atoms with Gasteiger partial charge in [0.2, 0.25) is 5.89 Å². The summed E-state index contributed by atoms with van der Waals surface area (Å²) in [4.78, 5) is 0. The van der Waals surface area contributed by atoms with Crippen LogP contribution in [0, 0.1) is 6.92 Å². The predicted molar refractivity (Wildman–Crippen MR) is 80.2 cm³/mol. The van der Waals surface area contributed by atoms with Gasteiger partial charge in [-0.25, -0.2) is 0 Å². The lowest BCUT2D eigenvalue weighted by Gasteiger charge is -2.11. The van der Waals surface area contributed by atoms with Crippen LogP contribution in [0.2, 0.25) is 0 Å². The molecule has 0 bridgehead atoms. The Morgan fingerprint density at radius 3 is 2.75 bits per heavy atom. The van der Waals surface area contributed by atoms with Crippen molar-refractivity contribution in [3.63, 3.8) is 0 Å². The predicted octanol–water partition coefficient (Wildman–Crippen LogP) is 3.35. The molecule has 108 valence electrons. The Morgan fingerprint density at radius 2 is 2.05 bits per heavy atom. The molecule has 1 atom stereocenters. The first-order valence-electron chi connectivity index (χ1n) is 7.08. The summed E-state index contributed by atoms with van der Waals surface area (Å²) in [6, 6.07) is 6.74. The highest BCUT2D eigenvalue weighted by Gasteiger charge is 2.14. The van der Waals surface area contributed by atoms with Crippen LogP contribution < -0.4 is 10.6 Å². The molecule has 0 saturated carbocycles. The first-order chi connectivity index (χ1) is 9.65. The van der Waals surface area contributed by atoms with E-state index in [9.17, 15) is 0 Å². The second-order valence-electron chi connectivity index (χ2n) is 4.81. The van der Waals surface area contributed by atoms with E-state index in [4.69, 9.17) is 4.42 Å². The maximum atomic E-state index is 5.66. The summed E-state index contributed by atoms with van der Waals surface area (Å²) in [5.41, 5.74) is 3.47. The van der Waals surface area contributed by atoms with E-state index in [1.54, 1.807) is 0 Å². The molecule has 0 saturated heterocycles. The van der Waals surface area contributed by atoms with Crippen LogP contribution >= 0.6 is 0 Å². The molecular formula is C15H22N4O. The largest absolute Gasteiger partial charge is 0.406 e. The summed E-state index contributed by atoms with van der Waals surface area (Å²) in [5, 5.41) is 14.6. The zero-order chi connectivity index (χ0) is 14.5. The molecule has 2 aromatic rings. The molecule has 1 heterocycles. The van der Waals surface area contributed by atoms with Crippen molar-refractivity contribution in [1.82, 2.24) is 15.5 Å². The number of nitrogens with one attached hydrogen (secondary N) is 2. The third-order valence-corrected chi connectivity index (χ3v) is 3.29. The number of hydrogen-bond donors (Lipinski definition) is 2. The van der Waals surface area contributed by atoms with Crippen LogP contribution in [-0.4, -0.2) is 16.7 Å². The van der Waals surface area contributed by atoms with E-state index in [2.05, 4.69) is 52.9 Å². The summed E-state index contributed by atoms with van der Waals surface area (Å²) < 4.78 is 5.66. The van der Waals surface area contributed by atoms with Crippen LogP contribution in [-0.2, 0) is 6.42 Å². The van der Waals surface area contributed by atoms with Gasteiger partial charge in [-0.15, -0.1) is 5.10 Å². The fourth-order valence-electron chi connectivity index (χ4n) is 2.16. The Labute approximate surface area is 119 Å². The van der Waals surface area contributed by atoms with E-state index in [0.717, 1.165) is 18.7 Å². The smallest absolute Gasteiger partial charge is 0.320 e. The summed E-state index contributed by atoms with van der Waals surface area (Å²) >= 11 is 0. The topological polar surface area (TPSA) is 63.0 Å². The molecule has 0 aliphatic rings. The third-order valence-electron chi connectivity index (χ3n) is 3.29. The normalized spacial score (nSPS) is 12.4. The van der Waals surface area contributed by atoms with Crippen molar-refractivity contribution in [2.75, 3.05) is 11.9 Å². The lowest BCUT2D eigenvalue weighted by Crippen LogP contribution is -2.17. The summed E-state index contributed by atoms with van der Waals surface area (Å²) in [5.74, 6) is 0.598. The van der Waals surface area contributed by atoms with Crippen LogP contribution in [0.15, 0.2) is 22.6 Å². The van der Waals surface area contributed by atoms with Gasteiger partial charge in [-0.05, 0) is 37.9 Å². The van der Waals surface area contributed by atoms with Gasteiger partial charge in [0.1, 0.15) is 0 Å². The monoisotopic (exact) mass is 274 g/mol. The van der Waals surface area contributed by atoms with Crippen molar-refractivity contribution < 1.29 is 4.42 Å². The number of rotatable bonds is 6. The highest BCUT2D eigenvalue weighted by molar-refractivity contribution is 5.62. The van der Waals surface area contributed by atoms with Gasteiger partial charge < -0.3 is 15.1 Å². The Hall–Kier alpha value is -1.88. The number of benzene rings is 1. The number of aryl methyl sites for hydroxylation is 2. The molecule has 1 aromatic heterocycles. The van der Waals surface area contributed by atoms with Gasteiger partial charge in [0.05, 0.1) is 6.04 Å². The zero-order valence-corrected chi connectivity index (χ0v) is 12.5. The molecule has 2 rings (SSSR count). The molecule has 5 heteroatoms. The number of anilines is 2. The van der Waals surface area contributed by atoms with Gasteiger partial charge in [0.15, 0.2) is 0 Å². The standard InChI is InChI=1S/C15H22N4O/c1-5-12-9-7-8-10(3)13(12)17-15-19-18-14(20-15)11(4)16-6-2/h7-9,11,16H,5-6H2,1-4H3,(H,17,19). The van der Waals surface area contributed by atoms with Gasteiger partial charge in [-0.1, -0.05) is 37.1 Å². The minimum atomic E-state index is 0.0607. The van der Waals surface area contributed by atoms with Gasteiger partial charge in [-0.2, -0.15) is 0 Å². The fourth-order valence-corrected chi connectivity index (χ4v) is 2.16. The molecule has 1 unspecified atom stereocenters. The summed E-state index contributed by atoms with van der Waals surface area (Å²) in [6.07, 6.45) is 0.957. The molecule has 0 fully saturated rings. The third kappa shape index (κ3) is 3.17. The Bertz CT molecular complexity index is 565. The van der Waals surface area contributed by atoms with Crippen LogP contribution in [0.1, 0.15) is 43.8 Å². The molecule has 0 radical (unpaired) electrons. The van der Waals surface area contributed by atoms with Gasteiger partial charge >= 0.3 is 6.01 Å². The minimum Gasteiger partial charge on any atom is -0.406 e. The van der Waals surface area contributed by atoms with E-state index in [-0.39, 0.29) is 6.04 Å². The maximum absolute atomic E-state index is 5.66. The lowest BCUT2D eigenvalue weighted by molar-refractivity contribution is 0.430. The molecule has 20 heavy (non-hydrogen) atoms. The zero-order valence-electron chi connectivity index (χ0n) is 12.5. The van der Waals surface area contributed by atoms with Crippen molar-refractivity contribution >= 4 is 11.7 Å². The highest BCUT2D eigenvalue weighted by atomic mass is 16.4. The molecule has 2 N–H and O–H groups in total. The van der Waals surface area contributed by atoms with Crippen molar-refractivity contribution in [3.8, 4) is 0 Å². The number of hydrogen-bond acceptors (Lipinski definition) is 5. The number of para-hydroxylation sites is 1. The minimum absolute atomic E-state index is 0.0607. The van der Waals surface area contributed by atoms with Crippen molar-refractivity contribution in [2.45, 2.75) is 40.2 Å².